The van der Waals surface area contributed by atoms with E-state index in [4.69, 9.17) is 14.6 Å². The van der Waals surface area contributed by atoms with E-state index in [1.807, 2.05) is 32.0 Å². The van der Waals surface area contributed by atoms with Crippen LogP contribution in [0.15, 0.2) is 30.7 Å². The summed E-state index contributed by atoms with van der Waals surface area (Å²) in [5, 5.41) is 14.4. The van der Waals surface area contributed by atoms with Crippen molar-refractivity contribution in [1.29, 1.82) is 0 Å². The van der Waals surface area contributed by atoms with Crippen LogP contribution in [0.25, 0.3) is 5.52 Å². The maximum atomic E-state index is 12.4. The minimum atomic E-state index is -5.08. The zero-order valence-corrected chi connectivity index (χ0v) is 19.8. The molecule has 2 heterocycles. The second-order valence-corrected chi connectivity index (χ2v) is 8.26. The summed E-state index contributed by atoms with van der Waals surface area (Å²) < 4.78 is 38.6. The second-order valence-electron chi connectivity index (χ2n) is 8.26. The molecule has 0 bridgehead atoms. The number of alkyl halides is 3. The first-order chi connectivity index (χ1) is 16.9. The molecular formula is C24H25F3N4O5. The Labute approximate surface area is 204 Å². The molecule has 0 radical (unpaired) electrons. The number of aromatic nitrogens is 3. The number of aliphatic carboxylic acids is 1. The first-order valence-electron chi connectivity index (χ1n) is 11.1. The molecule has 0 unspecified atom stereocenters. The Morgan fingerprint density at radius 1 is 1.22 bits per heavy atom. The summed E-state index contributed by atoms with van der Waals surface area (Å²) in [5.74, 6) is -3.16. The molecule has 1 fully saturated rings. The van der Waals surface area contributed by atoms with Crippen LogP contribution in [-0.4, -0.2) is 56.4 Å². The Hall–Kier alpha value is -3.96. The molecule has 2 N–H and O–H groups in total. The van der Waals surface area contributed by atoms with Crippen LogP contribution in [0.1, 0.15) is 62.9 Å². The Bertz CT molecular complexity index is 1300. The molecule has 12 heteroatoms. The Morgan fingerprint density at radius 3 is 2.47 bits per heavy atom. The van der Waals surface area contributed by atoms with Crippen molar-refractivity contribution in [3.05, 3.63) is 64.2 Å². The van der Waals surface area contributed by atoms with Gasteiger partial charge in [-0.2, -0.15) is 18.3 Å². The van der Waals surface area contributed by atoms with E-state index < -0.39 is 12.1 Å². The third kappa shape index (κ3) is 6.37. The summed E-state index contributed by atoms with van der Waals surface area (Å²) in [6, 6.07) is 6.06. The molecule has 1 aliphatic carbocycles. The van der Waals surface area contributed by atoms with Gasteiger partial charge in [0.1, 0.15) is 6.33 Å². The third-order valence-electron chi connectivity index (χ3n) is 5.52. The summed E-state index contributed by atoms with van der Waals surface area (Å²) in [5.41, 5.74) is 5.63. The van der Waals surface area contributed by atoms with E-state index in [0.717, 1.165) is 40.7 Å². The largest absolute Gasteiger partial charge is 0.490 e. The minimum Gasteiger partial charge on any atom is -0.475 e. The lowest BCUT2D eigenvalue weighted by Crippen LogP contribution is -2.25. The van der Waals surface area contributed by atoms with Crippen LogP contribution < -0.4 is 5.32 Å². The van der Waals surface area contributed by atoms with Gasteiger partial charge in [-0.1, -0.05) is 6.07 Å². The van der Waals surface area contributed by atoms with E-state index in [2.05, 4.69) is 15.4 Å². The highest BCUT2D eigenvalue weighted by Gasteiger charge is 2.38. The van der Waals surface area contributed by atoms with Gasteiger partial charge in [-0.3, -0.25) is 4.79 Å². The van der Waals surface area contributed by atoms with Gasteiger partial charge in [-0.25, -0.2) is 19.1 Å². The van der Waals surface area contributed by atoms with E-state index in [1.165, 1.54) is 6.33 Å². The number of fused-ring (bicyclic) bond motifs is 1. The number of ether oxygens (including phenoxy) is 1. The molecule has 0 spiro atoms. The fraction of sp³-hybridized carbons (Fsp3) is 0.375. The number of nitrogens with zero attached hydrogens (tertiary/aromatic N) is 3. The van der Waals surface area contributed by atoms with Crippen LogP contribution in [0.3, 0.4) is 0 Å². The maximum absolute atomic E-state index is 12.4. The molecule has 9 nitrogen and oxygen atoms in total. The molecule has 0 aliphatic heterocycles. The lowest BCUT2D eigenvalue weighted by atomic mass is 9.99. The number of carboxylic acid groups (broad SMARTS) is 1. The van der Waals surface area contributed by atoms with Gasteiger partial charge in [0.05, 0.1) is 23.4 Å². The van der Waals surface area contributed by atoms with Gasteiger partial charge in [0, 0.05) is 24.2 Å². The van der Waals surface area contributed by atoms with Crippen molar-refractivity contribution in [3.8, 4) is 0 Å². The molecule has 2 aromatic heterocycles. The number of hydrogen-bond acceptors (Lipinski definition) is 6. The van der Waals surface area contributed by atoms with Gasteiger partial charge < -0.3 is 15.2 Å². The topological polar surface area (TPSA) is 123 Å². The number of benzene rings is 1. The monoisotopic (exact) mass is 506 g/mol. The van der Waals surface area contributed by atoms with Gasteiger partial charge in [0.25, 0.3) is 5.91 Å². The lowest BCUT2D eigenvalue weighted by Gasteiger charge is -2.10. The van der Waals surface area contributed by atoms with Gasteiger partial charge in [-0.15, -0.1) is 0 Å². The smallest absolute Gasteiger partial charge is 0.475 e. The molecule has 1 aliphatic rings. The molecule has 1 amide bonds. The average Bonchev–Trinajstić information content (AvgIpc) is 3.55. The highest BCUT2D eigenvalue weighted by molar-refractivity contribution is 5.95. The zero-order valence-electron chi connectivity index (χ0n) is 19.8. The van der Waals surface area contributed by atoms with Crippen LogP contribution in [-0.2, 0) is 16.0 Å². The molecule has 4 rings (SSSR count). The van der Waals surface area contributed by atoms with Crippen molar-refractivity contribution in [2.24, 2.45) is 0 Å². The molecule has 3 aromatic rings. The highest BCUT2D eigenvalue weighted by Crippen LogP contribution is 2.24. The number of amides is 1. The Balaban J connectivity index is 0.000000454. The van der Waals surface area contributed by atoms with Gasteiger partial charge in [-0.05, 0) is 62.4 Å². The molecule has 0 saturated heterocycles. The van der Waals surface area contributed by atoms with Crippen molar-refractivity contribution in [2.75, 3.05) is 6.61 Å². The van der Waals surface area contributed by atoms with Crippen LogP contribution in [0.2, 0.25) is 0 Å². The lowest BCUT2D eigenvalue weighted by molar-refractivity contribution is -0.192. The van der Waals surface area contributed by atoms with Crippen molar-refractivity contribution in [2.45, 2.75) is 52.3 Å². The fourth-order valence-electron chi connectivity index (χ4n) is 3.46. The van der Waals surface area contributed by atoms with E-state index in [9.17, 15) is 22.8 Å². The predicted molar refractivity (Wildman–Crippen MR) is 122 cm³/mol. The predicted octanol–water partition coefficient (Wildman–Crippen LogP) is 3.64. The van der Waals surface area contributed by atoms with Crippen LogP contribution in [0.4, 0.5) is 13.2 Å². The van der Waals surface area contributed by atoms with Crippen LogP contribution in [0.5, 0.6) is 0 Å². The number of halogens is 3. The van der Waals surface area contributed by atoms with Crippen LogP contribution in [0, 0.1) is 13.8 Å². The van der Waals surface area contributed by atoms with Gasteiger partial charge in [0.15, 0.2) is 0 Å². The summed E-state index contributed by atoms with van der Waals surface area (Å²) in [7, 11) is 0. The van der Waals surface area contributed by atoms with E-state index in [0.29, 0.717) is 30.2 Å². The average molecular weight is 506 g/mol. The van der Waals surface area contributed by atoms with Crippen molar-refractivity contribution in [1.82, 2.24) is 19.9 Å². The van der Waals surface area contributed by atoms with E-state index in [1.54, 1.807) is 17.6 Å². The van der Waals surface area contributed by atoms with Crippen molar-refractivity contribution in [3.63, 3.8) is 0 Å². The van der Waals surface area contributed by atoms with E-state index >= 15 is 0 Å². The Morgan fingerprint density at radius 2 is 1.89 bits per heavy atom. The molecule has 0 atom stereocenters. The van der Waals surface area contributed by atoms with Crippen LogP contribution >= 0.6 is 0 Å². The number of carbonyl (C=O) groups excluding carboxylic acids is 2. The zero-order chi connectivity index (χ0) is 26.6. The molecule has 36 heavy (non-hydrogen) atoms. The second kappa shape index (κ2) is 10.8. The Kier molecular flexibility index (Phi) is 7.96. The molecule has 1 aromatic carbocycles. The van der Waals surface area contributed by atoms with Crippen molar-refractivity contribution < 1.29 is 37.4 Å². The summed E-state index contributed by atoms with van der Waals surface area (Å²) in [4.78, 5) is 38.0. The fourth-order valence-corrected chi connectivity index (χ4v) is 3.46. The normalized spacial score (nSPS) is 13.1. The SMILES string of the molecule is CCOC(=O)c1cn2ncnc(Cc3cc(C(=O)NC4CC4)ccc3C)c2c1C.O=C(O)C(F)(F)F. The molecular weight excluding hydrogens is 481 g/mol. The number of esters is 1. The standard InChI is InChI=1S/C22H24N4O3.C2HF3O2/c1-4-29-22(28)18-11-26-20(14(18)3)19(23-12-24-26)10-16-9-15(6-5-13(16)2)21(27)25-17-7-8-17;3-2(4,5)1(6)7/h5-6,9,11-12,17H,4,7-8,10H2,1-3H3,(H,25,27);(H,6,7). The molecule has 1 saturated carbocycles. The van der Waals surface area contributed by atoms with Crippen molar-refractivity contribution >= 4 is 23.4 Å². The minimum absolute atomic E-state index is 0.0370. The van der Waals surface area contributed by atoms with E-state index in [-0.39, 0.29) is 11.9 Å². The number of aryl methyl sites for hydroxylation is 2. The first-order valence-corrected chi connectivity index (χ1v) is 11.1. The van der Waals surface area contributed by atoms with Gasteiger partial charge in [0.2, 0.25) is 0 Å². The maximum Gasteiger partial charge on any atom is 0.490 e. The number of hydrogen-bond donors (Lipinski definition) is 2. The number of carboxylic acids is 1. The number of rotatable bonds is 6. The molecule has 192 valence electrons. The first kappa shape index (κ1) is 26.6. The number of nitrogens with one attached hydrogen (secondary N) is 1. The third-order valence-corrected chi connectivity index (χ3v) is 5.52. The van der Waals surface area contributed by atoms with Gasteiger partial charge >= 0.3 is 18.1 Å². The highest BCUT2D eigenvalue weighted by atomic mass is 19.4. The number of carbonyl (C=O) groups is 3. The summed E-state index contributed by atoms with van der Waals surface area (Å²) >= 11 is 0. The summed E-state index contributed by atoms with van der Waals surface area (Å²) in [6.07, 6.45) is 0.727. The quantitative estimate of drug-likeness (QED) is 0.490. The summed E-state index contributed by atoms with van der Waals surface area (Å²) in [6.45, 7) is 5.99.